The van der Waals surface area contributed by atoms with Gasteiger partial charge in [0.15, 0.2) is 8.32 Å². The number of alkyl halides is 2. The molecule has 2 atom stereocenters. The predicted octanol–water partition coefficient (Wildman–Crippen LogP) is 6.90. The number of hydrogen-bond donors (Lipinski definition) is 1. The highest BCUT2D eigenvalue weighted by Gasteiger charge is 2.29. The highest BCUT2D eigenvalue weighted by Crippen LogP contribution is 2.38. The highest BCUT2D eigenvalue weighted by atomic mass is 79.9. The first-order chi connectivity index (χ1) is 14.9. The van der Waals surface area contributed by atoms with Crippen molar-refractivity contribution in [2.24, 2.45) is 0 Å². The van der Waals surface area contributed by atoms with Crippen molar-refractivity contribution < 1.29 is 22.9 Å². The van der Waals surface area contributed by atoms with E-state index in [1.54, 1.807) is 0 Å². The molecule has 0 aliphatic carbocycles. The number of rotatable bonds is 10. The number of nitro benzene ring substituents is 1. The van der Waals surface area contributed by atoms with Crippen LogP contribution >= 0.6 is 27.5 Å². The molecule has 0 aromatic heterocycles. The largest absolute Gasteiger partial charge is 0.434 e. The van der Waals surface area contributed by atoms with Crippen molar-refractivity contribution in [1.82, 2.24) is 0 Å². The molecule has 7 nitrogen and oxygen atoms in total. The molecule has 0 saturated carbocycles. The zero-order valence-electron chi connectivity index (χ0n) is 17.4. The Hall–Kier alpha value is -2.26. The van der Waals surface area contributed by atoms with Gasteiger partial charge in [-0.15, -0.1) is 0 Å². The van der Waals surface area contributed by atoms with Crippen LogP contribution in [0.4, 0.5) is 20.2 Å². The number of benzene rings is 2. The van der Waals surface area contributed by atoms with Gasteiger partial charge in [0.2, 0.25) is 0 Å². The number of ether oxygens (including phenoxy) is 1. The molecule has 2 aromatic carbocycles. The molecule has 2 rings (SSSR count). The minimum absolute atomic E-state index is 0.00434. The third-order valence-corrected chi connectivity index (χ3v) is 5.86. The minimum Gasteiger partial charge on any atom is -0.434 e. The zero-order valence-corrected chi connectivity index (χ0v) is 20.8. The molecule has 0 radical (unpaired) electrons. The fraction of sp³-hybridized carbons (Fsp3) is 0.350. The molecule has 32 heavy (non-hydrogen) atoms. The quantitative estimate of drug-likeness (QED) is 0.197. The van der Waals surface area contributed by atoms with Gasteiger partial charge in [-0.25, -0.2) is 0 Å². The van der Waals surface area contributed by atoms with Crippen LogP contribution in [-0.4, -0.2) is 26.0 Å². The monoisotopic (exact) mass is 547 g/mol. The van der Waals surface area contributed by atoms with Gasteiger partial charge >= 0.3 is 6.61 Å². The lowest BCUT2D eigenvalue weighted by molar-refractivity contribution is -0.384. The van der Waals surface area contributed by atoms with Crippen LogP contribution in [0.1, 0.15) is 18.0 Å². The summed E-state index contributed by atoms with van der Waals surface area (Å²) in [6, 6.07) is 9.61. The second kappa shape index (κ2) is 11.0. The molecular weight excluding hydrogens is 528 g/mol. The van der Waals surface area contributed by atoms with Gasteiger partial charge in [-0.1, -0.05) is 27.5 Å². The normalized spacial score (nSPS) is 13.3. The number of hydrogen-bond acceptors (Lipinski definition) is 6. The molecule has 0 aliphatic heterocycles. The van der Waals surface area contributed by atoms with Crippen LogP contribution in [0, 0.1) is 21.4 Å². The number of nitro groups is 1. The van der Waals surface area contributed by atoms with E-state index in [9.17, 15) is 24.2 Å². The SMILES string of the molecule is C[Si](C)(C)OC(C#N)C[C@@H](Nc1cc(Br)ccc1[N+](=O)[O-])c1cc(Cl)ccc1OC(F)F. The molecule has 0 amide bonds. The summed E-state index contributed by atoms with van der Waals surface area (Å²) in [6.07, 6.45) is -0.895. The molecule has 0 spiro atoms. The first kappa shape index (κ1) is 26.0. The topological polar surface area (TPSA) is 97.4 Å². The summed E-state index contributed by atoms with van der Waals surface area (Å²) < 4.78 is 37.2. The van der Waals surface area contributed by atoms with Crippen molar-refractivity contribution in [3.05, 3.63) is 61.6 Å². The van der Waals surface area contributed by atoms with E-state index in [0.717, 1.165) is 0 Å². The summed E-state index contributed by atoms with van der Waals surface area (Å²) in [5, 5.41) is 24.4. The van der Waals surface area contributed by atoms with Gasteiger partial charge in [0.05, 0.1) is 17.0 Å². The van der Waals surface area contributed by atoms with Gasteiger partial charge in [-0.2, -0.15) is 14.0 Å². The van der Waals surface area contributed by atoms with E-state index < -0.39 is 32.0 Å². The van der Waals surface area contributed by atoms with Crippen LogP contribution in [-0.2, 0) is 4.43 Å². The zero-order chi connectivity index (χ0) is 24.1. The fourth-order valence-corrected chi connectivity index (χ4v) is 4.54. The Labute approximate surface area is 198 Å². The third kappa shape index (κ3) is 7.70. The molecule has 12 heteroatoms. The first-order valence-corrected chi connectivity index (χ1v) is 14.0. The van der Waals surface area contributed by atoms with Crippen LogP contribution < -0.4 is 10.1 Å². The lowest BCUT2D eigenvalue weighted by Crippen LogP contribution is -2.33. The summed E-state index contributed by atoms with van der Waals surface area (Å²) in [5.74, 6) is -0.163. The molecule has 1 unspecified atom stereocenters. The fourth-order valence-electron chi connectivity index (χ4n) is 3.00. The van der Waals surface area contributed by atoms with Crippen molar-refractivity contribution in [2.75, 3.05) is 5.32 Å². The maximum atomic E-state index is 13.0. The molecule has 0 aliphatic rings. The van der Waals surface area contributed by atoms with Crippen LogP contribution in [0.25, 0.3) is 0 Å². The van der Waals surface area contributed by atoms with Crippen molar-refractivity contribution in [3.8, 4) is 11.8 Å². The van der Waals surface area contributed by atoms with Gasteiger partial charge in [0.1, 0.15) is 17.5 Å². The molecule has 0 saturated heterocycles. The maximum Gasteiger partial charge on any atom is 0.387 e. The van der Waals surface area contributed by atoms with Crippen LogP contribution in [0.5, 0.6) is 5.75 Å². The summed E-state index contributed by atoms with van der Waals surface area (Å²) in [6.45, 7) is 2.62. The molecule has 172 valence electrons. The molecular formula is C20H21BrClF2N3O4Si. The van der Waals surface area contributed by atoms with E-state index in [2.05, 4.69) is 32.1 Å². The third-order valence-electron chi connectivity index (χ3n) is 4.14. The summed E-state index contributed by atoms with van der Waals surface area (Å²) in [5.41, 5.74) is 0.115. The lowest BCUT2D eigenvalue weighted by Gasteiger charge is -2.28. The molecule has 2 aromatic rings. The number of nitrogens with zero attached hydrogens (tertiary/aromatic N) is 2. The Morgan fingerprint density at radius 3 is 2.53 bits per heavy atom. The minimum atomic E-state index is -3.10. The average Bonchev–Trinajstić information content (AvgIpc) is 2.66. The van der Waals surface area contributed by atoms with Crippen LogP contribution in [0.15, 0.2) is 40.9 Å². The van der Waals surface area contributed by atoms with Gasteiger partial charge in [-0.3, -0.25) is 10.1 Å². The molecule has 1 N–H and O–H groups in total. The Bertz CT molecular complexity index is 1020. The Morgan fingerprint density at radius 1 is 1.28 bits per heavy atom. The number of halogens is 4. The summed E-state index contributed by atoms with van der Waals surface area (Å²) in [4.78, 5) is 10.9. The Morgan fingerprint density at radius 2 is 1.97 bits per heavy atom. The van der Waals surface area contributed by atoms with Crippen molar-refractivity contribution >= 4 is 47.2 Å². The average molecular weight is 549 g/mol. The summed E-state index contributed by atoms with van der Waals surface area (Å²) in [7, 11) is -2.13. The van der Waals surface area contributed by atoms with Crippen LogP contribution in [0.3, 0.4) is 0 Å². The molecule has 0 heterocycles. The van der Waals surface area contributed by atoms with Crippen molar-refractivity contribution in [3.63, 3.8) is 0 Å². The van der Waals surface area contributed by atoms with Crippen LogP contribution in [0.2, 0.25) is 24.7 Å². The van der Waals surface area contributed by atoms with E-state index in [1.165, 1.54) is 36.4 Å². The smallest absolute Gasteiger partial charge is 0.387 e. The lowest BCUT2D eigenvalue weighted by atomic mass is 9.99. The summed E-state index contributed by atoms with van der Waals surface area (Å²) >= 11 is 9.38. The van der Waals surface area contributed by atoms with E-state index in [-0.39, 0.29) is 34.1 Å². The van der Waals surface area contributed by atoms with Crippen molar-refractivity contribution in [2.45, 2.75) is 44.8 Å². The number of nitriles is 1. The Balaban J connectivity index is 2.57. The predicted molar refractivity (Wildman–Crippen MR) is 124 cm³/mol. The van der Waals surface area contributed by atoms with Gasteiger partial charge in [0.25, 0.3) is 5.69 Å². The van der Waals surface area contributed by atoms with E-state index in [1.807, 2.05) is 19.6 Å². The highest BCUT2D eigenvalue weighted by molar-refractivity contribution is 9.10. The second-order valence-corrected chi connectivity index (χ2v) is 13.6. The van der Waals surface area contributed by atoms with E-state index >= 15 is 0 Å². The maximum absolute atomic E-state index is 13.0. The number of nitrogens with one attached hydrogen (secondary N) is 1. The standard InChI is InChI=1S/C20H21BrClF2N3O4Si/c1-32(2,3)31-14(11-25)10-16(15-9-13(22)5-7-19(15)30-20(23)24)26-17-8-12(21)4-6-18(17)27(28)29/h4-9,14,16,20,26H,10H2,1-3H3/t14?,16-/m1/s1. The van der Waals surface area contributed by atoms with Gasteiger partial charge in [-0.05, 0) is 50.0 Å². The number of anilines is 1. The van der Waals surface area contributed by atoms with E-state index in [4.69, 9.17) is 16.0 Å². The Kier molecular flexibility index (Phi) is 8.97. The van der Waals surface area contributed by atoms with Gasteiger partial charge < -0.3 is 14.5 Å². The first-order valence-electron chi connectivity index (χ1n) is 9.42. The van der Waals surface area contributed by atoms with Crippen molar-refractivity contribution in [1.29, 1.82) is 5.26 Å². The molecule has 0 fully saturated rings. The molecule has 0 bridgehead atoms. The van der Waals surface area contributed by atoms with Gasteiger partial charge in [0, 0.05) is 27.5 Å². The second-order valence-electron chi connectivity index (χ2n) is 7.76. The van der Waals surface area contributed by atoms with E-state index in [0.29, 0.717) is 4.47 Å².